The summed E-state index contributed by atoms with van der Waals surface area (Å²) in [6.07, 6.45) is -11.2. The largest absolute Gasteiger partial charge is 0.309 e. The number of piperidine rings is 5. The van der Waals surface area contributed by atoms with Gasteiger partial charge in [0.15, 0.2) is 0 Å². The van der Waals surface area contributed by atoms with Crippen molar-refractivity contribution in [1.29, 1.82) is 0 Å². The predicted octanol–water partition coefficient (Wildman–Crippen LogP) is 20.7. The molecule has 5 amide bonds. The Morgan fingerprint density at radius 2 is 0.520 bits per heavy atom. The molecular formula is C110H140N10O5. The molecule has 5 fully saturated rings. The smallest absolute Gasteiger partial charge is 0.226 e. The van der Waals surface area contributed by atoms with Gasteiger partial charge in [-0.05, 0) is 185 Å². The first-order valence-electron chi connectivity index (χ1n) is 61.5. The Morgan fingerprint density at radius 3 is 0.800 bits per heavy atom. The highest BCUT2D eigenvalue weighted by molar-refractivity contribution is 5.96. The molecular weight excluding hydrogens is 1540 g/mol. The first-order chi connectivity index (χ1) is 75.6. The van der Waals surface area contributed by atoms with Gasteiger partial charge in [-0.1, -0.05) is 277 Å². The van der Waals surface area contributed by atoms with Gasteiger partial charge in [0.25, 0.3) is 0 Å². The molecule has 15 heteroatoms. The van der Waals surface area contributed by atoms with Gasteiger partial charge in [0.2, 0.25) is 29.5 Å². The summed E-state index contributed by atoms with van der Waals surface area (Å²) >= 11 is 0. The van der Waals surface area contributed by atoms with Crippen LogP contribution in [0.3, 0.4) is 0 Å². The van der Waals surface area contributed by atoms with Gasteiger partial charge in [0.05, 0.1) is 6.85 Å². The summed E-state index contributed by atoms with van der Waals surface area (Å²) in [5.74, 6) is -4.12. The standard InChI is InChI=1S/5C22H28N2O/c5*1-2-22(25)24(20-11-7-4-8-12-20)21-14-17-23(18-15-21)16-13-19-9-5-3-6-10-19/h5*3-12,21H,2,13-18H2,1H3/i4D,7D,8D,11D,12D,16D2;1D3,2D2,13D2,16D2;1D3,13D2,16D2;1D3,2D2,16D2;1D3,2D2,13D2. The summed E-state index contributed by atoms with van der Waals surface area (Å²) in [6, 6.07) is 74.3. The second-order valence-electron chi connectivity index (χ2n) is 30.5. The topological polar surface area (TPSA) is 118 Å². The Kier molecular flexibility index (Phi) is 23.9. The fraction of sp³-hybridized carbons (Fsp3) is 0.409. The number of para-hydroxylation sites is 5. The van der Waals surface area contributed by atoms with Crippen molar-refractivity contribution in [2.45, 2.75) is 193 Å². The fourth-order valence-electron chi connectivity index (χ4n) is 15.8. The maximum absolute atomic E-state index is 13.2. The van der Waals surface area contributed by atoms with Crippen LogP contribution in [-0.4, -0.2) is 182 Å². The van der Waals surface area contributed by atoms with E-state index in [1.165, 1.54) is 46.4 Å². The highest BCUT2D eigenvalue weighted by atomic mass is 16.2. The number of amides is 5. The lowest BCUT2D eigenvalue weighted by molar-refractivity contribution is -0.119. The van der Waals surface area contributed by atoms with E-state index >= 15 is 0 Å². The molecule has 0 N–H and O–H groups in total. The highest BCUT2D eigenvalue weighted by Gasteiger charge is 2.34. The van der Waals surface area contributed by atoms with E-state index in [9.17, 15) is 24.0 Å². The Labute approximate surface area is 801 Å². The number of aryl methyl sites for hydroxylation is 4. The zero-order valence-electron chi connectivity index (χ0n) is 108. The SMILES string of the molecule is [2H]C([2H])(CN1CCC(N(C(=O)C([2H])([2H])C([2H])([2H])[2H])c2ccccc2)CC1)c1ccccc1.[2H]C([2H])(Cc1ccccc1)N1CCC(N(C(=O)C([2H])([2H])C([2H])([2H])[2H])c2ccccc2)CC1.[2H]C([2H])([2H])C([2H])([2H])C(=O)N(c1ccccc1)C1CCN(C([2H])([2H])C([2H])([2H])c2ccccc2)CC1.[2H]C([2H])([2H])CC(=O)N(c1ccccc1)C1CCN(C([2H])([2H])C([2H])([2H])c2ccccc2)CC1.[2H]c1c([2H])c([2H])c(N(C(=O)CC)C2CCN(C([2H])([2H])Cc3ccccc3)CC2)c([2H])c1[2H]. The van der Waals surface area contributed by atoms with E-state index in [1.54, 1.807) is 193 Å². The van der Waals surface area contributed by atoms with Crippen LogP contribution in [0.5, 0.6) is 0 Å². The maximum atomic E-state index is 13.2. The van der Waals surface area contributed by atoms with E-state index in [0.29, 0.717) is 119 Å². The molecule has 0 saturated carbocycles. The minimum absolute atomic E-state index is 0.0893. The molecule has 0 atom stereocenters. The van der Waals surface area contributed by atoms with E-state index in [4.69, 9.17) is 50.7 Å². The lowest BCUT2D eigenvalue weighted by Gasteiger charge is -2.38. The Hall–Kier alpha value is -10.7. The number of nitrogens with zero attached hydrogens (tertiary/aromatic N) is 10. The minimum Gasteiger partial charge on any atom is -0.309 e. The number of carbonyl (C=O) groups is 5. The summed E-state index contributed by atoms with van der Waals surface area (Å²) in [6.45, 7) is -14.2. The average Bonchev–Trinajstić information content (AvgIpc) is 0.766. The van der Waals surface area contributed by atoms with Crippen molar-refractivity contribution in [3.05, 3.63) is 331 Å². The van der Waals surface area contributed by atoms with E-state index in [1.807, 2.05) is 89.8 Å². The van der Waals surface area contributed by atoms with E-state index in [0.717, 1.165) is 11.1 Å². The van der Waals surface area contributed by atoms with Crippen LogP contribution in [0.15, 0.2) is 303 Å². The number of benzene rings is 10. The van der Waals surface area contributed by atoms with Gasteiger partial charge in [-0.3, -0.25) is 24.0 Å². The number of anilines is 5. The van der Waals surface area contributed by atoms with Crippen LogP contribution in [0, 0.1) is 0 Å². The Balaban J connectivity index is 0.000000190. The highest BCUT2D eigenvalue weighted by Crippen LogP contribution is 2.31. The molecule has 5 heterocycles. The molecule has 0 unspecified atom stereocenters. The zero-order chi connectivity index (χ0) is 120. The van der Waals surface area contributed by atoms with Crippen LogP contribution in [-0.2, 0) is 55.9 Å². The normalized spacial score (nSPS) is 21.8. The molecule has 5 aliphatic heterocycles. The minimum atomic E-state index is -3.15. The van der Waals surface area contributed by atoms with Crippen molar-refractivity contribution in [1.82, 2.24) is 24.5 Å². The number of hydrogen-bond donors (Lipinski definition) is 0. The lowest BCUT2D eigenvalue weighted by Crippen LogP contribution is -2.47. The van der Waals surface area contributed by atoms with Crippen LogP contribution in [0.25, 0.3) is 0 Å². The van der Waals surface area contributed by atoms with Gasteiger partial charge in [-0.2, -0.15) is 0 Å². The molecule has 15 rings (SSSR count). The molecule has 0 spiro atoms. The predicted molar refractivity (Wildman–Crippen MR) is 519 cm³/mol. The summed E-state index contributed by atoms with van der Waals surface area (Å²) in [5.41, 5.74) is 4.68. The second kappa shape index (κ2) is 53.0. The van der Waals surface area contributed by atoms with E-state index in [2.05, 4.69) is 0 Å². The van der Waals surface area contributed by atoms with Crippen molar-refractivity contribution in [2.75, 3.05) is 122 Å². The van der Waals surface area contributed by atoms with Gasteiger partial charge in [-0.25, -0.2) is 0 Å². The number of rotatable bonds is 30. The first kappa shape index (κ1) is 56.4. The van der Waals surface area contributed by atoms with Crippen molar-refractivity contribution in [3.63, 3.8) is 0 Å². The third-order valence-corrected chi connectivity index (χ3v) is 22.3. The molecule has 10 aromatic rings. The molecule has 0 aromatic heterocycles. The van der Waals surface area contributed by atoms with Crippen molar-refractivity contribution in [2.24, 2.45) is 0 Å². The average molecular weight is 1720 g/mol. The number of likely N-dealkylation sites (tertiary alicyclic amines) is 5. The number of hydrogen-bond acceptors (Lipinski definition) is 10. The monoisotopic (exact) mass is 1720 g/mol. The first-order valence-corrected chi connectivity index (χ1v) is 43.0. The molecule has 125 heavy (non-hydrogen) atoms. The molecule has 0 bridgehead atoms. The van der Waals surface area contributed by atoms with Crippen molar-refractivity contribution >= 4 is 58.0 Å². The van der Waals surface area contributed by atoms with Crippen molar-refractivity contribution < 1.29 is 74.7 Å². The van der Waals surface area contributed by atoms with Gasteiger partial charge in [0, 0.05) is 232 Å². The molecule has 10 aromatic carbocycles. The molecule has 5 saturated heterocycles. The van der Waals surface area contributed by atoms with E-state index in [-0.39, 0.29) is 118 Å². The number of carbonyl (C=O) groups excluding carboxylic acids is 5. The van der Waals surface area contributed by atoms with Crippen LogP contribution in [0.1, 0.15) is 209 Å². The van der Waals surface area contributed by atoms with Gasteiger partial charge < -0.3 is 49.0 Å². The van der Waals surface area contributed by atoms with Crippen LogP contribution >= 0.6 is 0 Å². The van der Waals surface area contributed by atoms with Crippen molar-refractivity contribution in [3.8, 4) is 0 Å². The summed E-state index contributed by atoms with van der Waals surface area (Å²) in [5, 5.41) is 0. The Morgan fingerprint density at radius 1 is 0.280 bits per heavy atom. The Bertz CT molecular complexity index is 6400. The second-order valence-corrected chi connectivity index (χ2v) is 30.5. The molecule has 0 radical (unpaired) electrons. The molecule has 660 valence electrons. The van der Waals surface area contributed by atoms with Crippen LogP contribution in [0.2, 0.25) is 0 Å². The van der Waals surface area contributed by atoms with Gasteiger partial charge in [-0.15, -0.1) is 0 Å². The quantitative estimate of drug-likeness (QED) is 0.0431. The lowest BCUT2D eigenvalue weighted by atomic mass is 10.0. The van der Waals surface area contributed by atoms with Gasteiger partial charge in [0.1, 0.15) is 0 Å². The molecule has 5 aliphatic rings. The van der Waals surface area contributed by atoms with Crippen LogP contribution < -0.4 is 24.5 Å². The maximum Gasteiger partial charge on any atom is 0.226 e. The fourth-order valence-corrected chi connectivity index (χ4v) is 15.8. The zero-order valence-corrected chi connectivity index (χ0v) is 71.1. The van der Waals surface area contributed by atoms with Gasteiger partial charge >= 0.3 is 0 Å². The molecule has 15 nitrogen and oxygen atoms in total. The van der Waals surface area contributed by atoms with Crippen LogP contribution in [0.4, 0.5) is 28.4 Å². The summed E-state index contributed by atoms with van der Waals surface area (Å²) < 4.78 is 297. The summed E-state index contributed by atoms with van der Waals surface area (Å²) in [4.78, 5) is 80.1. The third kappa shape index (κ3) is 30.6. The van der Waals surface area contributed by atoms with E-state index < -0.39 is 152 Å². The third-order valence-electron chi connectivity index (χ3n) is 22.3. The molecule has 0 aliphatic carbocycles. The summed E-state index contributed by atoms with van der Waals surface area (Å²) in [7, 11) is 0.